The second kappa shape index (κ2) is 12.6. The van der Waals surface area contributed by atoms with E-state index in [2.05, 4.69) is 46.0 Å². The number of carbonyl (C=O) groups is 2. The van der Waals surface area contributed by atoms with Gasteiger partial charge in [0.1, 0.15) is 11.5 Å². The monoisotopic (exact) mass is 622 g/mol. The van der Waals surface area contributed by atoms with Crippen LogP contribution in [0.3, 0.4) is 0 Å². The Morgan fingerprint density at radius 3 is 1.91 bits per heavy atom. The van der Waals surface area contributed by atoms with E-state index in [0.717, 1.165) is 47.5 Å². The zero-order valence-electron chi connectivity index (χ0n) is 25.0. The smallest absolute Gasteiger partial charge is 0.460 e. The zero-order valence-corrected chi connectivity index (χ0v) is 25.0. The van der Waals surface area contributed by atoms with Crippen molar-refractivity contribution in [1.82, 2.24) is 0 Å². The molecule has 0 aromatic heterocycles. The van der Waals surface area contributed by atoms with Crippen molar-refractivity contribution in [3.05, 3.63) is 47.5 Å². The molecule has 13 heteroatoms. The Bertz CT molecular complexity index is 1320. The van der Waals surface area contributed by atoms with Gasteiger partial charge < -0.3 is 20.5 Å². The number of amides is 2. The number of ether oxygens (including phenoxy) is 1. The lowest BCUT2D eigenvalue weighted by Gasteiger charge is -2.31. The van der Waals surface area contributed by atoms with Crippen LogP contribution in [0, 0.1) is 0 Å². The van der Waals surface area contributed by atoms with Gasteiger partial charge in [0.15, 0.2) is 6.10 Å². The fraction of sp³-hybridized carbons (Fsp3) is 0.533. The molecule has 0 aliphatic rings. The number of hydrogen-bond acceptors (Lipinski definition) is 4. The summed E-state index contributed by atoms with van der Waals surface area (Å²) in [5.74, 6) is -16.9. The summed E-state index contributed by atoms with van der Waals surface area (Å²) < 4.78 is 97.0. The van der Waals surface area contributed by atoms with Gasteiger partial charge in [0.25, 0.3) is 5.91 Å². The summed E-state index contributed by atoms with van der Waals surface area (Å²) in [5.41, 5.74) is 0.650. The summed E-state index contributed by atoms with van der Waals surface area (Å²) in [7, 11) is 0. The van der Waals surface area contributed by atoms with Gasteiger partial charge in [-0.2, -0.15) is 30.7 Å². The molecule has 43 heavy (non-hydrogen) atoms. The lowest BCUT2D eigenvalue weighted by molar-refractivity contribution is -0.343. The number of phenolic OH excluding ortho intramolecular Hbond substituents is 1. The fourth-order valence-corrected chi connectivity index (χ4v) is 3.91. The van der Waals surface area contributed by atoms with E-state index in [1.54, 1.807) is 6.92 Å². The molecule has 2 rings (SSSR count). The highest BCUT2D eigenvalue weighted by atomic mass is 19.4. The molecule has 2 aromatic rings. The summed E-state index contributed by atoms with van der Waals surface area (Å²) in [4.78, 5) is 24.7. The number of hydrogen-bond donors (Lipinski definition) is 3. The SMILES string of the molecule is CCC(Oc1ccc(C(C)(C)CC)cc1C(C)(C)CC)C(=O)Nc1ccc(NC(=O)C(F)(F)C(F)(F)C(F)(F)F)c(O)c1. The first kappa shape index (κ1) is 35.7. The topological polar surface area (TPSA) is 87.7 Å². The number of phenols is 1. The lowest BCUT2D eigenvalue weighted by atomic mass is 9.76. The summed E-state index contributed by atoms with van der Waals surface area (Å²) in [5, 5.41) is 13.8. The van der Waals surface area contributed by atoms with Gasteiger partial charge >= 0.3 is 23.9 Å². The average molecular weight is 623 g/mol. The van der Waals surface area contributed by atoms with E-state index in [0.29, 0.717) is 5.75 Å². The highest BCUT2D eigenvalue weighted by molar-refractivity contribution is 5.99. The number of anilines is 2. The molecule has 2 amide bonds. The van der Waals surface area contributed by atoms with Gasteiger partial charge in [-0.3, -0.25) is 9.59 Å². The summed E-state index contributed by atoms with van der Waals surface area (Å²) in [6.07, 6.45) is -5.81. The standard InChI is InChI=1S/C30H37F7N2O4/c1-8-22(43-23-14-11-17(26(4,5)9-2)15-19(23)27(6,7)10-3)24(41)38-18-12-13-20(21(40)16-18)39-25(42)28(31,32)29(33,34)30(35,36)37/h11-16,22,40H,8-10H2,1-7H3,(H,38,41)(H,39,42). The fourth-order valence-electron chi connectivity index (χ4n) is 3.91. The number of carbonyl (C=O) groups excluding carboxylic acids is 2. The second-order valence-electron chi connectivity index (χ2n) is 11.5. The van der Waals surface area contributed by atoms with Gasteiger partial charge in [0.05, 0.1) is 5.69 Å². The van der Waals surface area contributed by atoms with E-state index < -0.39 is 47.4 Å². The van der Waals surface area contributed by atoms with Gasteiger partial charge in [0.2, 0.25) is 0 Å². The van der Waals surface area contributed by atoms with Crippen molar-refractivity contribution in [2.45, 2.75) is 103 Å². The molecule has 1 atom stereocenters. The molecule has 0 aliphatic carbocycles. The first-order chi connectivity index (χ1) is 19.6. The highest BCUT2D eigenvalue weighted by Gasteiger charge is 2.76. The Balaban J connectivity index is 2.27. The largest absolute Gasteiger partial charge is 0.506 e. The van der Waals surface area contributed by atoms with Crippen LogP contribution in [0.25, 0.3) is 0 Å². The van der Waals surface area contributed by atoms with Crippen LogP contribution in [0.2, 0.25) is 0 Å². The Morgan fingerprint density at radius 2 is 1.42 bits per heavy atom. The van der Waals surface area contributed by atoms with E-state index in [-0.39, 0.29) is 22.9 Å². The maximum Gasteiger partial charge on any atom is 0.460 e. The van der Waals surface area contributed by atoms with Gasteiger partial charge in [-0.1, -0.05) is 60.6 Å². The molecule has 1 unspecified atom stereocenters. The molecule has 0 fully saturated rings. The predicted octanol–water partition coefficient (Wildman–Crippen LogP) is 8.33. The predicted molar refractivity (Wildman–Crippen MR) is 149 cm³/mol. The Morgan fingerprint density at radius 1 is 0.837 bits per heavy atom. The van der Waals surface area contributed by atoms with Crippen molar-refractivity contribution in [2.75, 3.05) is 10.6 Å². The van der Waals surface area contributed by atoms with Crippen LogP contribution < -0.4 is 15.4 Å². The third kappa shape index (κ3) is 7.53. The number of alkyl halides is 7. The summed E-state index contributed by atoms with van der Waals surface area (Å²) in [6, 6.07) is 8.41. The van der Waals surface area contributed by atoms with E-state index in [1.165, 1.54) is 0 Å². The molecule has 0 saturated carbocycles. The summed E-state index contributed by atoms with van der Waals surface area (Å²) in [6.45, 7) is 14.2. The Kier molecular flexibility index (Phi) is 10.5. The van der Waals surface area contributed by atoms with Crippen molar-refractivity contribution < 1.29 is 50.2 Å². The third-order valence-corrected chi connectivity index (χ3v) is 7.74. The molecule has 2 aromatic carbocycles. The van der Waals surface area contributed by atoms with Crippen LogP contribution in [0.4, 0.5) is 42.1 Å². The molecule has 0 aliphatic heterocycles. The van der Waals surface area contributed by atoms with Crippen molar-refractivity contribution in [3.8, 4) is 11.5 Å². The van der Waals surface area contributed by atoms with E-state index in [9.17, 15) is 45.4 Å². The first-order valence-electron chi connectivity index (χ1n) is 13.6. The number of benzene rings is 2. The molecule has 0 saturated heterocycles. The maximum absolute atomic E-state index is 13.7. The maximum atomic E-state index is 13.7. The van der Waals surface area contributed by atoms with Crippen LogP contribution >= 0.6 is 0 Å². The van der Waals surface area contributed by atoms with Crippen molar-refractivity contribution >= 4 is 23.2 Å². The molecule has 240 valence electrons. The molecule has 0 spiro atoms. The third-order valence-electron chi connectivity index (χ3n) is 7.74. The van der Waals surface area contributed by atoms with Gasteiger partial charge in [-0.25, -0.2) is 0 Å². The van der Waals surface area contributed by atoms with Crippen molar-refractivity contribution in [2.24, 2.45) is 0 Å². The van der Waals surface area contributed by atoms with Crippen LogP contribution in [0.1, 0.15) is 78.9 Å². The summed E-state index contributed by atoms with van der Waals surface area (Å²) >= 11 is 0. The van der Waals surface area contributed by atoms with E-state index in [1.807, 2.05) is 19.1 Å². The van der Waals surface area contributed by atoms with Gasteiger partial charge in [-0.15, -0.1) is 0 Å². The Labute approximate surface area is 246 Å². The number of halogens is 7. The zero-order chi connectivity index (χ0) is 33.2. The number of rotatable bonds is 12. The van der Waals surface area contributed by atoms with Crippen LogP contribution in [0.15, 0.2) is 36.4 Å². The van der Waals surface area contributed by atoms with E-state index in [4.69, 9.17) is 4.74 Å². The molecular weight excluding hydrogens is 585 g/mol. The molecule has 0 bridgehead atoms. The molecule has 6 nitrogen and oxygen atoms in total. The van der Waals surface area contributed by atoms with Crippen molar-refractivity contribution in [3.63, 3.8) is 0 Å². The highest BCUT2D eigenvalue weighted by Crippen LogP contribution is 2.47. The minimum Gasteiger partial charge on any atom is -0.506 e. The Hall–Kier alpha value is -3.51. The normalized spacial score (nSPS) is 13.8. The lowest BCUT2D eigenvalue weighted by Crippen LogP contribution is -2.57. The van der Waals surface area contributed by atoms with Crippen LogP contribution in [-0.2, 0) is 20.4 Å². The first-order valence-corrected chi connectivity index (χ1v) is 13.6. The minimum absolute atomic E-state index is 0.0934. The average Bonchev–Trinajstić information content (AvgIpc) is 2.92. The quantitative estimate of drug-likeness (QED) is 0.164. The van der Waals surface area contributed by atoms with Crippen molar-refractivity contribution in [1.29, 1.82) is 0 Å². The van der Waals surface area contributed by atoms with Gasteiger partial charge in [-0.05, 0) is 53.9 Å². The van der Waals surface area contributed by atoms with E-state index >= 15 is 0 Å². The van der Waals surface area contributed by atoms with Crippen LogP contribution in [-0.4, -0.2) is 41.0 Å². The number of aromatic hydroxyl groups is 1. The second-order valence-corrected chi connectivity index (χ2v) is 11.5. The molecule has 3 N–H and O–H groups in total. The molecular formula is C30H37F7N2O4. The molecule has 0 heterocycles. The molecule has 0 radical (unpaired) electrons. The number of nitrogens with one attached hydrogen (secondary N) is 2. The van der Waals surface area contributed by atoms with Crippen LogP contribution in [0.5, 0.6) is 11.5 Å². The minimum atomic E-state index is -6.71. The van der Waals surface area contributed by atoms with Gasteiger partial charge in [0, 0.05) is 17.3 Å².